The third kappa shape index (κ3) is 4.63. The molecule has 1 unspecified atom stereocenters. The molecular formula is C19H30N4O2. The number of rotatable bonds is 6. The van der Waals surface area contributed by atoms with Crippen molar-refractivity contribution < 1.29 is 9.53 Å². The molecule has 1 atom stereocenters. The monoisotopic (exact) mass is 346 g/mol. The molecule has 1 aliphatic heterocycles. The van der Waals surface area contributed by atoms with Gasteiger partial charge in [0.25, 0.3) is 0 Å². The van der Waals surface area contributed by atoms with E-state index in [0.29, 0.717) is 12.0 Å². The summed E-state index contributed by atoms with van der Waals surface area (Å²) in [5.41, 5.74) is 1.40. The minimum atomic E-state index is -0.0851. The molecular weight excluding hydrogens is 316 g/mol. The van der Waals surface area contributed by atoms with E-state index in [2.05, 4.69) is 40.4 Å². The first kappa shape index (κ1) is 18.0. The second-order valence-electron chi connectivity index (χ2n) is 7.39. The quantitative estimate of drug-likeness (QED) is 0.831. The normalized spacial score (nSPS) is 22.2. The highest BCUT2D eigenvalue weighted by Gasteiger charge is 2.35. The zero-order chi connectivity index (χ0) is 17.7. The summed E-state index contributed by atoms with van der Waals surface area (Å²) in [7, 11) is 0. The van der Waals surface area contributed by atoms with Crippen LogP contribution >= 0.6 is 0 Å². The predicted octanol–water partition coefficient (Wildman–Crippen LogP) is 2.69. The van der Waals surface area contributed by atoms with Gasteiger partial charge in [0.1, 0.15) is 5.82 Å². The fourth-order valence-electron chi connectivity index (χ4n) is 3.61. The molecule has 6 heteroatoms. The van der Waals surface area contributed by atoms with E-state index in [1.807, 2.05) is 12.3 Å². The first-order valence-electron chi connectivity index (χ1n) is 9.43. The van der Waals surface area contributed by atoms with E-state index in [0.717, 1.165) is 44.0 Å². The third-order valence-electron chi connectivity index (χ3n) is 5.62. The maximum Gasteiger partial charge on any atom is 0.315 e. The largest absolute Gasteiger partial charge is 0.375 e. The van der Waals surface area contributed by atoms with Crippen molar-refractivity contribution in [2.24, 2.45) is 5.41 Å². The number of aromatic nitrogens is 1. The Morgan fingerprint density at radius 1 is 1.44 bits per heavy atom. The zero-order valence-electron chi connectivity index (χ0n) is 15.4. The van der Waals surface area contributed by atoms with Gasteiger partial charge in [-0.15, -0.1) is 0 Å². The molecule has 0 radical (unpaired) electrons. The summed E-state index contributed by atoms with van der Waals surface area (Å²) < 4.78 is 5.58. The van der Waals surface area contributed by atoms with Gasteiger partial charge < -0.3 is 20.3 Å². The molecule has 1 saturated heterocycles. The standard InChI is InChI=1S/C19H30N4O2/c1-3-19(6-4-7-19)14-22-18(24)21-12-16-5-8-20-17(11-16)23-9-10-25-15(2)13-23/h5,8,11,15H,3-4,6-7,9-10,12-14H2,1-2H3,(H2,21,22,24). The molecule has 25 heavy (non-hydrogen) atoms. The smallest absolute Gasteiger partial charge is 0.315 e. The average molecular weight is 346 g/mol. The number of nitrogens with zero attached hydrogens (tertiary/aromatic N) is 2. The molecule has 2 N–H and O–H groups in total. The maximum absolute atomic E-state index is 12.1. The van der Waals surface area contributed by atoms with Gasteiger partial charge in [0, 0.05) is 32.4 Å². The van der Waals surface area contributed by atoms with E-state index in [1.54, 1.807) is 0 Å². The van der Waals surface area contributed by atoms with Crippen LogP contribution in [0.25, 0.3) is 0 Å². The Morgan fingerprint density at radius 2 is 2.28 bits per heavy atom. The molecule has 2 amide bonds. The summed E-state index contributed by atoms with van der Waals surface area (Å²) in [6.45, 7) is 8.02. The van der Waals surface area contributed by atoms with Crippen LogP contribution in [0.3, 0.4) is 0 Å². The lowest BCUT2D eigenvalue weighted by Gasteiger charge is -2.41. The number of carbonyl (C=O) groups excluding carboxylic acids is 1. The molecule has 0 aromatic carbocycles. The van der Waals surface area contributed by atoms with Gasteiger partial charge in [-0.25, -0.2) is 9.78 Å². The number of morpholine rings is 1. The summed E-state index contributed by atoms with van der Waals surface area (Å²) in [5, 5.41) is 6.00. The Balaban J connectivity index is 1.48. The number of urea groups is 1. The van der Waals surface area contributed by atoms with Gasteiger partial charge in [0.15, 0.2) is 0 Å². The molecule has 3 rings (SSSR count). The highest BCUT2D eigenvalue weighted by atomic mass is 16.5. The molecule has 0 spiro atoms. The first-order chi connectivity index (χ1) is 12.1. The second-order valence-corrected chi connectivity index (χ2v) is 7.39. The van der Waals surface area contributed by atoms with E-state index in [9.17, 15) is 4.79 Å². The number of ether oxygens (including phenoxy) is 1. The van der Waals surface area contributed by atoms with Crippen LogP contribution in [0.2, 0.25) is 0 Å². The Hall–Kier alpha value is -1.82. The van der Waals surface area contributed by atoms with Crippen molar-refractivity contribution >= 4 is 11.8 Å². The van der Waals surface area contributed by atoms with Gasteiger partial charge in [0.05, 0.1) is 12.7 Å². The second kappa shape index (κ2) is 8.04. The molecule has 0 bridgehead atoms. The topological polar surface area (TPSA) is 66.5 Å². The molecule has 2 aliphatic rings. The molecule has 1 aromatic rings. The highest BCUT2D eigenvalue weighted by Crippen LogP contribution is 2.42. The van der Waals surface area contributed by atoms with Crippen LogP contribution in [0.5, 0.6) is 0 Å². The molecule has 1 saturated carbocycles. The number of amides is 2. The lowest BCUT2D eigenvalue weighted by atomic mass is 9.67. The van der Waals surface area contributed by atoms with E-state index >= 15 is 0 Å². The molecule has 6 nitrogen and oxygen atoms in total. The predicted molar refractivity (Wildman–Crippen MR) is 98.7 cm³/mol. The Kier molecular flexibility index (Phi) is 5.78. The SMILES string of the molecule is CCC1(CNC(=O)NCc2ccnc(N3CCOC(C)C3)c2)CCC1. The minimum absolute atomic E-state index is 0.0851. The van der Waals surface area contributed by atoms with Crippen molar-refractivity contribution in [2.75, 3.05) is 31.1 Å². The summed E-state index contributed by atoms with van der Waals surface area (Å²) in [6.07, 6.45) is 6.92. The average Bonchev–Trinajstić information content (AvgIpc) is 2.60. The Bertz CT molecular complexity index is 583. The highest BCUT2D eigenvalue weighted by molar-refractivity contribution is 5.73. The van der Waals surface area contributed by atoms with Gasteiger partial charge in [0.2, 0.25) is 0 Å². The molecule has 1 aromatic heterocycles. The fourth-order valence-corrected chi connectivity index (χ4v) is 3.61. The molecule has 2 heterocycles. The summed E-state index contributed by atoms with van der Waals surface area (Å²) >= 11 is 0. The van der Waals surface area contributed by atoms with Gasteiger partial charge in [-0.05, 0) is 49.3 Å². The zero-order valence-corrected chi connectivity index (χ0v) is 15.4. The van der Waals surface area contributed by atoms with Crippen molar-refractivity contribution in [3.05, 3.63) is 23.9 Å². The van der Waals surface area contributed by atoms with Gasteiger partial charge in [-0.1, -0.05) is 13.3 Å². The van der Waals surface area contributed by atoms with Crippen LogP contribution in [-0.2, 0) is 11.3 Å². The van der Waals surface area contributed by atoms with Crippen molar-refractivity contribution in [3.63, 3.8) is 0 Å². The molecule has 1 aliphatic carbocycles. The van der Waals surface area contributed by atoms with E-state index < -0.39 is 0 Å². The van der Waals surface area contributed by atoms with Crippen molar-refractivity contribution in [2.45, 2.75) is 52.2 Å². The number of carbonyl (C=O) groups is 1. The van der Waals surface area contributed by atoms with Crippen LogP contribution in [0, 0.1) is 5.41 Å². The van der Waals surface area contributed by atoms with Crippen LogP contribution in [0.1, 0.15) is 45.1 Å². The lowest BCUT2D eigenvalue weighted by Crippen LogP contribution is -2.45. The molecule has 138 valence electrons. The minimum Gasteiger partial charge on any atom is -0.375 e. The van der Waals surface area contributed by atoms with Crippen LogP contribution < -0.4 is 15.5 Å². The lowest BCUT2D eigenvalue weighted by molar-refractivity contribution is 0.0529. The summed E-state index contributed by atoms with van der Waals surface area (Å²) in [5.74, 6) is 0.953. The van der Waals surface area contributed by atoms with E-state index in [1.165, 1.54) is 19.3 Å². The number of hydrogen-bond donors (Lipinski definition) is 2. The third-order valence-corrected chi connectivity index (χ3v) is 5.62. The van der Waals surface area contributed by atoms with Crippen molar-refractivity contribution in [1.29, 1.82) is 0 Å². The number of anilines is 1. The fraction of sp³-hybridized carbons (Fsp3) is 0.684. The van der Waals surface area contributed by atoms with Crippen molar-refractivity contribution in [3.8, 4) is 0 Å². The van der Waals surface area contributed by atoms with Crippen LogP contribution in [-0.4, -0.2) is 43.4 Å². The van der Waals surface area contributed by atoms with Gasteiger partial charge in [-0.3, -0.25) is 0 Å². The summed E-state index contributed by atoms with van der Waals surface area (Å²) in [6, 6.07) is 3.92. The maximum atomic E-state index is 12.1. The Morgan fingerprint density at radius 3 is 2.96 bits per heavy atom. The van der Waals surface area contributed by atoms with Crippen molar-refractivity contribution in [1.82, 2.24) is 15.6 Å². The van der Waals surface area contributed by atoms with Crippen LogP contribution in [0.4, 0.5) is 10.6 Å². The first-order valence-corrected chi connectivity index (χ1v) is 9.43. The number of hydrogen-bond acceptors (Lipinski definition) is 4. The van der Waals surface area contributed by atoms with Gasteiger partial charge in [-0.2, -0.15) is 0 Å². The van der Waals surface area contributed by atoms with E-state index in [4.69, 9.17) is 4.74 Å². The van der Waals surface area contributed by atoms with Crippen LogP contribution in [0.15, 0.2) is 18.3 Å². The van der Waals surface area contributed by atoms with E-state index in [-0.39, 0.29) is 12.1 Å². The number of pyridine rings is 1. The molecule has 2 fully saturated rings. The Labute approximate surface area is 150 Å². The summed E-state index contributed by atoms with van der Waals surface area (Å²) in [4.78, 5) is 18.8. The van der Waals surface area contributed by atoms with Gasteiger partial charge >= 0.3 is 6.03 Å². The number of nitrogens with one attached hydrogen (secondary N) is 2.